The molecular formula is C18H24N2O4S. The van der Waals surface area contributed by atoms with Crippen molar-refractivity contribution in [1.82, 2.24) is 0 Å². The number of amides is 1. The lowest BCUT2D eigenvalue weighted by molar-refractivity contribution is -0.132. The van der Waals surface area contributed by atoms with Gasteiger partial charge in [-0.2, -0.15) is 0 Å². The van der Waals surface area contributed by atoms with Crippen LogP contribution in [0.25, 0.3) is 0 Å². The summed E-state index contributed by atoms with van der Waals surface area (Å²) in [4.78, 5) is 13.0. The molecule has 25 heavy (non-hydrogen) atoms. The molecule has 3 N–H and O–H groups in total. The number of nitrogens with two attached hydrogens (primary N) is 1. The number of hydrogen-bond donors (Lipinski definition) is 2. The van der Waals surface area contributed by atoms with E-state index in [4.69, 9.17) is 9.88 Å². The predicted molar refractivity (Wildman–Crippen MR) is 93.5 cm³/mol. The molecule has 0 unspecified atom stereocenters. The maximum absolute atomic E-state index is 13.0. The highest BCUT2D eigenvalue weighted by Crippen LogP contribution is 2.56. The number of methoxy groups -OCH3 is 1. The highest BCUT2D eigenvalue weighted by molar-refractivity contribution is 7.89. The van der Waals surface area contributed by atoms with Crippen LogP contribution in [0, 0.1) is 29.6 Å². The van der Waals surface area contributed by atoms with Crippen molar-refractivity contribution in [3.63, 3.8) is 0 Å². The minimum Gasteiger partial charge on any atom is -0.495 e. The summed E-state index contributed by atoms with van der Waals surface area (Å²) in [5.41, 5.74) is 0.368. The van der Waals surface area contributed by atoms with Crippen LogP contribution < -0.4 is 15.2 Å². The molecule has 0 radical (unpaired) electrons. The maximum atomic E-state index is 13.0. The Hall–Kier alpha value is -1.60. The molecule has 4 aliphatic carbocycles. The number of carbonyl (C=O) groups excluding carboxylic acids is 1. The first kappa shape index (κ1) is 16.8. The Labute approximate surface area is 148 Å². The van der Waals surface area contributed by atoms with Crippen LogP contribution in [0.15, 0.2) is 23.1 Å². The van der Waals surface area contributed by atoms with Gasteiger partial charge in [0.1, 0.15) is 5.75 Å². The third kappa shape index (κ3) is 3.04. The number of sulfonamides is 1. The van der Waals surface area contributed by atoms with Crippen LogP contribution in [0.3, 0.4) is 0 Å². The monoisotopic (exact) mass is 364 g/mol. The van der Waals surface area contributed by atoms with E-state index in [2.05, 4.69) is 5.32 Å². The molecule has 4 aliphatic rings. The molecule has 136 valence electrons. The van der Waals surface area contributed by atoms with Crippen molar-refractivity contribution >= 4 is 21.6 Å². The number of hydrogen-bond acceptors (Lipinski definition) is 4. The number of rotatable bonds is 4. The highest BCUT2D eigenvalue weighted by Gasteiger charge is 2.50. The summed E-state index contributed by atoms with van der Waals surface area (Å²) >= 11 is 0. The molecule has 4 saturated carbocycles. The second kappa shape index (κ2) is 5.99. The van der Waals surface area contributed by atoms with Gasteiger partial charge in [-0.25, -0.2) is 13.6 Å². The fourth-order valence-electron chi connectivity index (χ4n) is 5.53. The van der Waals surface area contributed by atoms with Gasteiger partial charge < -0.3 is 10.1 Å². The van der Waals surface area contributed by atoms with Gasteiger partial charge in [-0.05, 0) is 74.0 Å². The Morgan fingerprint density at radius 1 is 1.12 bits per heavy atom. The molecular weight excluding hydrogens is 340 g/mol. The topological polar surface area (TPSA) is 98.5 Å². The van der Waals surface area contributed by atoms with Gasteiger partial charge in [0, 0.05) is 5.92 Å². The normalized spacial score (nSPS) is 33.3. The Balaban J connectivity index is 1.58. The maximum Gasteiger partial charge on any atom is 0.238 e. The number of benzene rings is 1. The predicted octanol–water partition coefficient (Wildman–Crippen LogP) is 2.35. The summed E-state index contributed by atoms with van der Waals surface area (Å²) in [6.07, 6.45) is 5.95. The fraction of sp³-hybridized carbons (Fsp3) is 0.611. The van der Waals surface area contributed by atoms with Crippen LogP contribution in [0.1, 0.15) is 32.1 Å². The minimum atomic E-state index is -3.83. The lowest BCUT2D eigenvalue weighted by Crippen LogP contribution is -2.49. The second-order valence-electron chi connectivity index (χ2n) is 7.85. The number of ether oxygens (including phenoxy) is 1. The molecule has 7 heteroatoms. The first-order chi connectivity index (χ1) is 11.8. The molecule has 0 heterocycles. The van der Waals surface area contributed by atoms with Gasteiger partial charge in [0.05, 0.1) is 17.7 Å². The van der Waals surface area contributed by atoms with Crippen molar-refractivity contribution in [3.8, 4) is 5.75 Å². The largest absolute Gasteiger partial charge is 0.495 e. The van der Waals surface area contributed by atoms with Crippen LogP contribution in [0.4, 0.5) is 5.69 Å². The Kier molecular flexibility index (Phi) is 4.03. The van der Waals surface area contributed by atoms with Crippen molar-refractivity contribution in [2.75, 3.05) is 12.4 Å². The van der Waals surface area contributed by atoms with Crippen LogP contribution >= 0.6 is 0 Å². The van der Waals surface area contributed by atoms with Crippen molar-refractivity contribution in [2.45, 2.75) is 37.0 Å². The van der Waals surface area contributed by atoms with Gasteiger partial charge in [-0.15, -0.1) is 0 Å². The third-order valence-electron chi connectivity index (χ3n) is 6.29. The zero-order valence-corrected chi connectivity index (χ0v) is 15.1. The number of anilines is 1. The lowest BCUT2D eigenvalue weighted by Gasteiger charge is -2.53. The van der Waals surface area contributed by atoms with Crippen molar-refractivity contribution in [1.29, 1.82) is 0 Å². The Morgan fingerprint density at radius 2 is 1.72 bits per heavy atom. The zero-order chi connectivity index (χ0) is 17.8. The van der Waals surface area contributed by atoms with E-state index >= 15 is 0 Å². The van der Waals surface area contributed by atoms with E-state index in [9.17, 15) is 13.2 Å². The molecule has 1 aromatic rings. The molecule has 0 saturated heterocycles. The Bertz CT molecular complexity index is 777. The first-order valence-electron chi connectivity index (χ1n) is 8.87. The van der Waals surface area contributed by atoms with E-state index < -0.39 is 10.0 Å². The molecule has 1 aromatic carbocycles. The molecule has 0 aromatic heterocycles. The molecule has 1 amide bonds. The van der Waals surface area contributed by atoms with Crippen molar-refractivity contribution < 1.29 is 17.9 Å². The average Bonchev–Trinajstić information content (AvgIpc) is 2.53. The van der Waals surface area contributed by atoms with E-state index in [0.29, 0.717) is 23.3 Å². The van der Waals surface area contributed by atoms with E-state index in [1.807, 2.05) is 0 Å². The SMILES string of the molecule is COc1ccc(S(N)(=O)=O)cc1NC(=O)C1C2CC3CC(C2)CC1C3. The first-order valence-corrected chi connectivity index (χ1v) is 10.4. The third-order valence-corrected chi connectivity index (χ3v) is 7.20. The number of nitrogens with one attached hydrogen (secondary N) is 1. The summed E-state index contributed by atoms with van der Waals surface area (Å²) in [6, 6.07) is 4.28. The standard InChI is InChI=1S/C18H24N2O4S/c1-24-16-3-2-14(25(19,22)23)9-15(16)20-18(21)17-12-5-10-4-11(7-12)8-13(17)6-10/h2-3,9-13,17H,4-8H2,1H3,(H,20,21)(H2,19,22,23). The molecule has 0 atom stereocenters. The number of primary sulfonamides is 1. The van der Waals surface area contributed by atoms with Crippen LogP contribution in [-0.4, -0.2) is 21.4 Å². The van der Waals surface area contributed by atoms with Crippen molar-refractivity contribution in [2.24, 2.45) is 34.7 Å². The van der Waals surface area contributed by atoms with Gasteiger partial charge in [0.25, 0.3) is 0 Å². The summed E-state index contributed by atoms with van der Waals surface area (Å²) < 4.78 is 28.5. The van der Waals surface area contributed by atoms with Crippen LogP contribution in [0.5, 0.6) is 5.75 Å². The fourth-order valence-corrected chi connectivity index (χ4v) is 6.07. The minimum absolute atomic E-state index is 0.0151. The second-order valence-corrected chi connectivity index (χ2v) is 9.41. The van der Waals surface area contributed by atoms with E-state index in [1.165, 1.54) is 31.7 Å². The van der Waals surface area contributed by atoms with Gasteiger partial charge in [0.2, 0.25) is 15.9 Å². The summed E-state index contributed by atoms with van der Waals surface area (Å²) in [7, 11) is -2.34. The van der Waals surface area contributed by atoms with Crippen LogP contribution in [0.2, 0.25) is 0 Å². The van der Waals surface area contributed by atoms with Crippen molar-refractivity contribution in [3.05, 3.63) is 18.2 Å². The smallest absolute Gasteiger partial charge is 0.238 e. The Morgan fingerprint density at radius 3 is 2.24 bits per heavy atom. The molecule has 0 spiro atoms. The average molecular weight is 364 g/mol. The summed E-state index contributed by atoms with van der Waals surface area (Å²) in [5.74, 6) is 2.96. The highest BCUT2D eigenvalue weighted by atomic mass is 32.2. The quantitative estimate of drug-likeness (QED) is 0.857. The molecule has 6 nitrogen and oxygen atoms in total. The van der Waals surface area contributed by atoms with Gasteiger partial charge in [0.15, 0.2) is 0 Å². The molecule has 5 rings (SSSR count). The van der Waals surface area contributed by atoms with Gasteiger partial charge in [-0.1, -0.05) is 0 Å². The van der Waals surface area contributed by atoms with E-state index in [-0.39, 0.29) is 16.7 Å². The summed E-state index contributed by atoms with van der Waals surface area (Å²) in [6.45, 7) is 0. The molecule has 0 aliphatic heterocycles. The zero-order valence-electron chi connectivity index (χ0n) is 14.3. The molecule has 4 bridgehead atoms. The summed E-state index contributed by atoms with van der Waals surface area (Å²) in [5, 5.41) is 8.12. The lowest BCUT2D eigenvalue weighted by atomic mass is 9.51. The number of carbonyl (C=O) groups is 1. The van der Waals surface area contributed by atoms with Crippen LogP contribution in [-0.2, 0) is 14.8 Å². The van der Waals surface area contributed by atoms with E-state index in [1.54, 1.807) is 0 Å². The van der Waals surface area contributed by atoms with Gasteiger partial charge >= 0.3 is 0 Å². The molecule has 4 fully saturated rings. The van der Waals surface area contributed by atoms with E-state index in [0.717, 1.165) is 37.5 Å². The van der Waals surface area contributed by atoms with Gasteiger partial charge in [-0.3, -0.25) is 4.79 Å².